The first-order valence-electron chi connectivity index (χ1n) is 2.68. The van der Waals surface area contributed by atoms with E-state index in [-0.39, 0.29) is 10.7 Å². The smallest absolute Gasteiger partial charge is 0.357 e. The molecule has 0 aliphatic rings. The third kappa shape index (κ3) is 1.63. The Morgan fingerprint density at radius 3 is 2.73 bits per heavy atom. The summed E-state index contributed by atoms with van der Waals surface area (Å²) in [4.78, 5) is 14.2. The van der Waals surface area contributed by atoms with Crippen LogP contribution in [0.5, 0.6) is 0 Å². The Bertz CT molecular complexity index is 284. The van der Waals surface area contributed by atoms with E-state index in [1.165, 1.54) is 23.1 Å². The minimum Gasteiger partial charge on any atom is -0.476 e. The van der Waals surface area contributed by atoms with Crippen LogP contribution in [0.4, 0.5) is 5.00 Å². The first kappa shape index (κ1) is 8.35. The molecule has 0 aromatic carbocycles. The third-order valence-corrected chi connectivity index (χ3v) is 2.88. The molecular weight excluding hydrogens is 184 g/mol. The molecule has 1 aromatic heterocycles. The quantitative estimate of drug-likeness (QED) is 0.684. The van der Waals surface area contributed by atoms with Gasteiger partial charge in [-0.1, -0.05) is 23.1 Å². The van der Waals surface area contributed by atoms with Gasteiger partial charge in [-0.3, -0.25) is 0 Å². The van der Waals surface area contributed by atoms with Crippen LogP contribution in [0.3, 0.4) is 0 Å². The molecule has 0 radical (unpaired) electrons. The second-order valence-electron chi connectivity index (χ2n) is 1.70. The molecule has 4 nitrogen and oxygen atoms in total. The van der Waals surface area contributed by atoms with E-state index in [2.05, 4.69) is 4.98 Å². The second-order valence-corrected chi connectivity index (χ2v) is 3.79. The van der Waals surface area contributed by atoms with Crippen molar-refractivity contribution in [3.8, 4) is 0 Å². The van der Waals surface area contributed by atoms with Crippen molar-refractivity contribution < 1.29 is 9.90 Å². The van der Waals surface area contributed by atoms with Crippen molar-refractivity contribution in [2.45, 2.75) is 4.34 Å². The standard InChI is InChI=1S/C5H6N2O2S2/c1-10-5-7-2(4(8)9)3(6)11-5/h6H2,1H3,(H,8,9). The van der Waals surface area contributed by atoms with Crippen LogP contribution in [0, 0.1) is 0 Å². The average Bonchev–Trinajstić information content (AvgIpc) is 2.30. The van der Waals surface area contributed by atoms with Gasteiger partial charge in [0.15, 0.2) is 10.0 Å². The number of aromatic nitrogens is 1. The molecule has 1 aromatic rings. The van der Waals surface area contributed by atoms with E-state index in [0.717, 1.165) is 0 Å². The van der Waals surface area contributed by atoms with Crippen molar-refractivity contribution in [1.82, 2.24) is 4.98 Å². The summed E-state index contributed by atoms with van der Waals surface area (Å²) < 4.78 is 0.680. The molecule has 0 atom stereocenters. The summed E-state index contributed by atoms with van der Waals surface area (Å²) in [5, 5.41) is 8.80. The number of rotatable bonds is 2. The van der Waals surface area contributed by atoms with Crippen LogP contribution in [0.2, 0.25) is 0 Å². The third-order valence-electron chi connectivity index (χ3n) is 1.01. The van der Waals surface area contributed by atoms with Crippen LogP contribution >= 0.6 is 23.1 Å². The zero-order valence-corrected chi connectivity index (χ0v) is 7.33. The van der Waals surface area contributed by atoms with E-state index in [1.54, 1.807) is 0 Å². The Hall–Kier alpha value is -0.750. The molecule has 0 fully saturated rings. The number of nitrogen functional groups attached to an aromatic ring is 1. The number of thiazole rings is 1. The number of nitrogens with two attached hydrogens (primary N) is 1. The molecule has 60 valence electrons. The summed E-state index contributed by atoms with van der Waals surface area (Å²) in [6.07, 6.45) is 1.82. The number of carbonyl (C=O) groups is 1. The van der Waals surface area contributed by atoms with Gasteiger partial charge in [-0.2, -0.15) is 0 Å². The molecule has 0 unspecified atom stereocenters. The van der Waals surface area contributed by atoms with E-state index in [4.69, 9.17) is 10.8 Å². The number of thioether (sulfide) groups is 1. The van der Waals surface area contributed by atoms with Crippen molar-refractivity contribution in [3.63, 3.8) is 0 Å². The first-order valence-corrected chi connectivity index (χ1v) is 4.73. The number of aromatic carboxylic acids is 1. The number of carboxylic acids is 1. The highest BCUT2D eigenvalue weighted by Crippen LogP contribution is 2.27. The van der Waals surface area contributed by atoms with Gasteiger partial charge in [0.2, 0.25) is 0 Å². The van der Waals surface area contributed by atoms with E-state index < -0.39 is 5.97 Å². The Morgan fingerprint density at radius 2 is 2.45 bits per heavy atom. The topological polar surface area (TPSA) is 76.2 Å². The summed E-state index contributed by atoms with van der Waals surface area (Å²) in [5.41, 5.74) is 5.34. The summed E-state index contributed by atoms with van der Waals surface area (Å²) in [5.74, 6) is -1.07. The van der Waals surface area contributed by atoms with Crippen LogP contribution in [0.1, 0.15) is 10.5 Å². The van der Waals surface area contributed by atoms with Crippen LogP contribution in [-0.4, -0.2) is 22.3 Å². The van der Waals surface area contributed by atoms with Crippen molar-refractivity contribution in [2.75, 3.05) is 12.0 Å². The van der Waals surface area contributed by atoms with Gasteiger partial charge >= 0.3 is 5.97 Å². The SMILES string of the molecule is CSc1nc(C(=O)O)c(N)s1. The van der Waals surface area contributed by atoms with Gasteiger partial charge in [0, 0.05) is 0 Å². The molecule has 11 heavy (non-hydrogen) atoms. The van der Waals surface area contributed by atoms with Crippen molar-refractivity contribution in [2.24, 2.45) is 0 Å². The fourth-order valence-corrected chi connectivity index (χ4v) is 1.89. The fourth-order valence-electron chi connectivity index (χ4n) is 0.552. The molecule has 6 heteroatoms. The Morgan fingerprint density at radius 1 is 1.82 bits per heavy atom. The maximum atomic E-state index is 10.4. The van der Waals surface area contributed by atoms with Crippen LogP contribution in [0.25, 0.3) is 0 Å². The van der Waals surface area contributed by atoms with Crippen molar-refractivity contribution in [3.05, 3.63) is 5.69 Å². The van der Waals surface area contributed by atoms with Gasteiger partial charge in [0.1, 0.15) is 5.00 Å². The molecule has 0 saturated carbocycles. The molecule has 1 heterocycles. The Labute approximate surface area is 71.4 Å². The fraction of sp³-hybridized carbons (Fsp3) is 0.200. The van der Waals surface area contributed by atoms with Crippen LogP contribution in [0.15, 0.2) is 4.34 Å². The highest BCUT2D eigenvalue weighted by Gasteiger charge is 2.13. The van der Waals surface area contributed by atoms with E-state index in [9.17, 15) is 4.79 Å². The normalized spacial score (nSPS) is 9.91. The number of carboxylic acid groups (broad SMARTS) is 1. The van der Waals surface area contributed by atoms with Gasteiger partial charge in [-0.15, -0.1) is 0 Å². The predicted molar refractivity (Wildman–Crippen MR) is 45.3 cm³/mol. The molecule has 0 spiro atoms. The summed E-state index contributed by atoms with van der Waals surface area (Å²) in [6.45, 7) is 0. The number of hydrogen-bond donors (Lipinski definition) is 2. The molecule has 0 saturated heterocycles. The lowest BCUT2D eigenvalue weighted by molar-refractivity contribution is 0.0692. The molecule has 0 aliphatic carbocycles. The summed E-state index contributed by atoms with van der Waals surface area (Å²) >= 11 is 2.58. The maximum absolute atomic E-state index is 10.4. The van der Waals surface area contributed by atoms with Gasteiger partial charge in [0.05, 0.1) is 0 Å². The first-order chi connectivity index (χ1) is 5.15. The Kier molecular flexibility index (Phi) is 2.35. The predicted octanol–water partition coefficient (Wildman–Crippen LogP) is 1.15. The highest BCUT2D eigenvalue weighted by atomic mass is 32.2. The van der Waals surface area contributed by atoms with E-state index in [0.29, 0.717) is 4.34 Å². The van der Waals surface area contributed by atoms with Crippen LogP contribution in [-0.2, 0) is 0 Å². The second kappa shape index (κ2) is 3.10. The summed E-state index contributed by atoms with van der Waals surface area (Å²) in [7, 11) is 0. The molecule has 3 N–H and O–H groups in total. The van der Waals surface area contributed by atoms with Crippen molar-refractivity contribution in [1.29, 1.82) is 0 Å². The molecule has 0 amide bonds. The van der Waals surface area contributed by atoms with Crippen molar-refractivity contribution >= 4 is 34.1 Å². The zero-order valence-electron chi connectivity index (χ0n) is 5.70. The lowest BCUT2D eigenvalue weighted by Gasteiger charge is -1.85. The molecule has 0 bridgehead atoms. The minimum absolute atomic E-state index is 0.0423. The number of hydrogen-bond acceptors (Lipinski definition) is 5. The van der Waals surface area contributed by atoms with Crippen LogP contribution < -0.4 is 5.73 Å². The van der Waals surface area contributed by atoms with E-state index in [1.807, 2.05) is 6.26 Å². The molecule has 0 aliphatic heterocycles. The number of anilines is 1. The Balaban J connectivity index is 3.07. The lowest BCUT2D eigenvalue weighted by atomic mass is 10.5. The van der Waals surface area contributed by atoms with Gasteiger partial charge < -0.3 is 10.8 Å². The largest absolute Gasteiger partial charge is 0.476 e. The average molecular weight is 190 g/mol. The van der Waals surface area contributed by atoms with Gasteiger partial charge in [-0.25, -0.2) is 9.78 Å². The van der Waals surface area contributed by atoms with Gasteiger partial charge in [0.25, 0.3) is 0 Å². The van der Waals surface area contributed by atoms with Gasteiger partial charge in [-0.05, 0) is 6.26 Å². The molecular formula is C5H6N2O2S2. The monoisotopic (exact) mass is 190 g/mol. The minimum atomic E-state index is -1.07. The summed E-state index contributed by atoms with van der Waals surface area (Å²) in [6, 6.07) is 0. The highest BCUT2D eigenvalue weighted by molar-refractivity contribution is 8.00. The maximum Gasteiger partial charge on any atom is 0.357 e. The zero-order chi connectivity index (χ0) is 8.43. The molecule has 1 rings (SSSR count). The number of nitrogens with zero attached hydrogens (tertiary/aromatic N) is 1. The van der Waals surface area contributed by atoms with E-state index >= 15 is 0 Å². The lowest BCUT2D eigenvalue weighted by Crippen LogP contribution is -2.00.